The third-order valence-electron chi connectivity index (χ3n) is 5.23. The molecule has 1 atom stereocenters. The minimum absolute atomic E-state index is 0.00455. The zero-order chi connectivity index (χ0) is 21.8. The number of fused-ring (bicyclic) bond motifs is 1. The molecule has 2 heterocycles. The van der Waals surface area contributed by atoms with Gasteiger partial charge in [-0.05, 0) is 23.6 Å². The Hall–Kier alpha value is -3.65. The minimum atomic E-state index is -1.32. The third kappa shape index (κ3) is 4.92. The molecule has 0 spiro atoms. The average molecular weight is 417 g/mol. The topological polar surface area (TPSA) is 99.7 Å². The number of para-hydroxylation sites is 1. The Labute approximate surface area is 180 Å². The van der Waals surface area contributed by atoms with Crippen LogP contribution in [0.2, 0.25) is 0 Å². The number of nitrogens with zero attached hydrogens (tertiary/aromatic N) is 1. The molecule has 0 aliphatic carbocycles. The summed E-state index contributed by atoms with van der Waals surface area (Å²) in [5.74, 6) is -1.87. The zero-order valence-electron chi connectivity index (χ0n) is 16.8. The summed E-state index contributed by atoms with van der Waals surface area (Å²) < 4.78 is 7.49. The molecule has 0 radical (unpaired) electrons. The van der Waals surface area contributed by atoms with Gasteiger partial charge in [0.25, 0.3) is 0 Å². The minimum Gasteiger partial charge on any atom is -0.534 e. The number of pyridine rings is 1. The Morgan fingerprint density at radius 1 is 1.03 bits per heavy atom. The second-order valence-electron chi connectivity index (χ2n) is 7.53. The van der Waals surface area contributed by atoms with Crippen LogP contribution in [0.15, 0.2) is 73.1 Å². The molecule has 2 aromatic carbocycles. The Morgan fingerprint density at radius 3 is 2.45 bits per heavy atom. The Bertz CT molecular complexity index is 1090. The van der Waals surface area contributed by atoms with Gasteiger partial charge in [-0.25, -0.2) is 9.36 Å². The number of rotatable bonds is 6. The number of hydrogen-bond donors (Lipinski definition) is 3. The maximum absolute atomic E-state index is 12.5. The van der Waals surface area contributed by atoms with Crippen LogP contribution in [0.25, 0.3) is 0 Å². The van der Waals surface area contributed by atoms with E-state index in [1.165, 1.54) is 6.07 Å². The molecule has 8 heteroatoms. The summed E-state index contributed by atoms with van der Waals surface area (Å²) in [4.78, 5) is 23.8. The van der Waals surface area contributed by atoms with Crippen LogP contribution in [0.5, 0.6) is 5.75 Å². The van der Waals surface area contributed by atoms with Crippen LogP contribution in [0.4, 0.5) is 0 Å². The van der Waals surface area contributed by atoms with E-state index in [4.69, 9.17) is 4.65 Å². The molecule has 31 heavy (non-hydrogen) atoms. The Morgan fingerprint density at radius 2 is 1.74 bits per heavy atom. The first kappa shape index (κ1) is 20.6. The lowest BCUT2D eigenvalue weighted by Crippen LogP contribution is -2.53. The normalized spacial score (nSPS) is 15.0. The molecule has 4 rings (SSSR count). The monoisotopic (exact) mass is 417 g/mol. The Kier molecular flexibility index (Phi) is 6.00. The highest BCUT2D eigenvalue weighted by atomic mass is 16.5. The van der Waals surface area contributed by atoms with Gasteiger partial charge in [0, 0.05) is 17.7 Å². The van der Waals surface area contributed by atoms with Crippen molar-refractivity contribution in [1.82, 2.24) is 5.32 Å². The van der Waals surface area contributed by atoms with Gasteiger partial charge >= 0.3 is 13.1 Å². The standard InChI is InChI=1S/C23H21BN2O5/c27-21(13-16-7-9-17(10-8-16)15-26-11-2-1-3-12-26)25-20-14-18-5-4-6-19(23(28)29)22(18)31-24(20)30/h1-12,20,30H,13-15H2,(H-,25,27,28,29)/p+1/t20-/m0/s1. The van der Waals surface area contributed by atoms with E-state index in [0.717, 1.165) is 17.7 Å². The van der Waals surface area contributed by atoms with Crippen molar-refractivity contribution in [3.8, 4) is 5.75 Å². The van der Waals surface area contributed by atoms with E-state index in [1.54, 1.807) is 12.1 Å². The smallest absolute Gasteiger partial charge is 0.534 e. The molecular formula is C23H22BN2O5+. The maximum Gasteiger partial charge on any atom is 0.547 e. The number of hydrogen-bond acceptors (Lipinski definition) is 4. The summed E-state index contributed by atoms with van der Waals surface area (Å²) in [6, 6.07) is 18.5. The van der Waals surface area contributed by atoms with E-state index in [9.17, 15) is 19.7 Å². The fourth-order valence-electron chi connectivity index (χ4n) is 3.67. The second kappa shape index (κ2) is 9.01. The molecule has 1 aliphatic rings. The quantitative estimate of drug-likeness (QED) is 0.416. The van der Waals surface area contributed by atoms with Crippen LogP contribution in [-0.4, -0.2) is 35.1 Å². The van der Waals surface area contributed by atoms with Crippen LogP contribution in [0.3, 0.4) is 0 Å². The van der Waals surface area contributed by atoms with Crippen molar-refractivity contribution >= 4 is 19.0 Å². The zero-order valence-corrected chi connectivity index (χ0v) is 16.8. The van der Waals surface area contributed by atoms with E-state index in [0.29, 0.717) is 5.56 Å². The number of carbonyl (C=O) groups is 2. The van der Waals surface area contributed by atoms with Crippen molar-refractivity contribution in [3.05, 3.63) is 95.3 Å². The lowest BCUT2D eigenvalue weighted by atomic mass is 9.72. The number of carboxylic acids is 1. The number of benzene rings is 2. The molecule has 0 unspecified atom stereocenters. The number of amides is 1. The molecule has 156 valence electrons. The summed E-state index contributed by atoms with van der Waals surface area (Å²) >= 11 is 0. The summed E-state index contributed by atoms with van der Waals surface area (Å²) in [6.45, 7) is 0.747. The first-order chi connectivity index (χ1) is 15.0. The SMILES string of the molecule is O=C(Cc1ccc(C[n+]2ccccc2)cc1)N[C@H]1Cc2cccc(C(=O)O)c2OB1O. The second-order valence-corrected chi connectivity index (χ2v) is 7.53. The molecular weight excluding hydrogens is 395 g/mol. The van der Waals surface area contributed by atoms with Crippen molar-refractivity contribution in [2.45, 2.75) is 25.3 Å². The van der Waals surface area contributed by atoms with Crippen molar-refractivity contribution < 1.29 is 28.9 Å². The van der Waals surface area contributed by atoms with E-state index in [-0.39, 0.29) is 30.1 Å². The predicted molar refractivity (Wildman–Crippen MR) is 114 cm³/mol. The van der Waals surface area contributed by atoms with Crippen molar-refractivity contribution in [2.75, 3.05) is 0 Å². The van der Waals surface area contributed by atoms with Crippen molar-refractivity contribution in [2.24, 2.45) is 0 Å². The fraction of sp³-hybridized carbons (Fsp3) is 0.174. The summed E-state index contributed by atoms with van der Waals surface area (Å²) in [6.07, 6.45) is 4.45. The van der Waals surface area contributed by atoms with Crippen LogP contribution in [0, 0.1) is 0 Å². The molecule has 0 saturated carbocycles. The predicted octanol–water partition coefficient (Wildman–Crippen LogP) is 1.40. The molecule has 0 saturated heterocycles. The van der Waals surface area contributed by atoms with E-state index >= 15 is 0 Å². The lowest BCUT2D eigenvalue weighted by Gasteiger charge is -2.28. The van der Waals surface area contributed by atoms with E-state index in [2.05, 4.69) is 9.88 Å². The first-order valence-electron chi connectivity index (χ1n) is 10.0. The van der Waals surface area contributed by atoms with Crippen LogP contribution in [-0.2, 0) is 24.2 Å². The maximum atomic E-state index is 12.5. The summed E-state index contributed by atoms with van der Waals surface area (Å²) in [7, 11) is -1.32. The average Bonchev–Trinajstić information content (AvgIpc) is 2.76. The van der Waals surface area contributed by atoms with Crippen LogP contribution < -0.4 is 14.5 Å². The summed E-state index contributed by atoms with van der Waals surface area (Å²) in [5, 5.41) is 22.3. The van der Waals surface area contributed by atoms with Crippen LogP contribution in [0.1, 0.15) is 27.0 Å². The third-order valence-corrected chi connectivity index (χ3v) is 5.23. The van der Waals surface area contributed by atoms with Crippen molar-refractivity contribution in [1.29, 1.82) is 0 Å². The van der Waals surface area contributed by atoms with Gasteiger partial charge in [-0.3, -0.25) is 4.79 Å². The molecule has 7 nitrogen and oxygen atoms in total. The first-order valence-corrected chi connectivity index (χ1v) is 10.0. The highest BCUT2D eigenvalue weighted by Crippen LogP contribution is 2.30. The van der Waals surface area contributed by atoms with Gasteiger partial charge in [-0.1, -0.05) is 42.5 Å². The lowest BCUT2D eigenvalue weighted by molar-refractivity contribution is -0.688. The Balaban J connectivity index is 1.36. The van der Waals surface area contributed by atoms with Gasteiger partial charge in [-0.2, -0.15) is 0 Å². The molecule has 3 aromatic rings. The highest BCUT2D eigenvalue weighted by molar-refractivity contribution is 6.47. The molecule has 0 bridgehead atoms. The summed E-state index contributed by atoms with van der Waals surface area (Å²) in [5.41, 5.74) is 2.62. The molecule has 1 aromatic heterocycles. The van der Waals surface area contributed by atoms with Gasteiger partial charge in [-0.15, -0.1) is 0 Å². The fourth-order valence-corrected chi connectivity index (χ4v) is 3.67. The number of carboxylic acid groups (broad SMARTS) is 1. The molecule has 3 N–H and O–H groups in total. The van der Waals surface area contributed by atoms with Gasteiger partial charge in [0.1, 0.15) is 5.75 Å². The van der Waals surface area contributed by atoms with Gasteiger partial charge in [0.2, 0.25) is 5.91 Å². The van der Waals surface area contributed by atoms with E-state index in [1.807, 2.05) is 54.9 Å². The van der Waals surface area contributed by atoms with Gasteiger partial charge < -0.3 is 20.1 Å². The molecule has 0 fully saturated rings. The number of nitrogens with one attached hydrogen (secondary N) is 1. The number of aromatic carboxylic acids is 1. The molecule has 1 aliphatic heterocycles. The van der Waals surface area contributed by atoms with Gasteiger partial charge in [0.05, 0.1) is 17.9 Å². The number of carbonyl (C=O) groups excluding carboxylic acids is 1. The van der Waals surface area contributed by atoms with E-state index < -0.39 is 19.0 Å². The number of aromatic nitrogens is 1. The van der Waals surface area contributed by atoms with Crippen LogP contribution >= 0.6 is 0 Å². The van der Waals surface area contributed by atoms with Gasteiger partial charge in [0.15, 0.2) is 18.9 Å². The molecule has 1 amide bonds. The highest BCUT2D eigenvalue weighted by Gasteiger charge is 2.37. The largest absolute Gasteiger partial charge is 0.547 e. The van der Waals surface area contributed by atoms with Crippen molar-refractivity contribution in [3.63, 3.8) is 0 Å².